The van der Waals surface area contributed by atoms with Gasteiger partial charge in [-0.1, -0.05) is 18.7 Å². The number of carbonyl (C=O) groups excluding carboxylic acids is 1. The van der Waals surface area contributed by atoms with Crippen molar-refractivity contribution in [3.8, 4) is 5.75 Å². The SMILES string of the molecule is CCC(Sc1nc2ccc(OC)cc2[nH]1)C(=O)NN. The van der Waals surface area contributed by atoms with Gasteiger partial charge in [0, 0.05) is 6.07 Å². The van der Waals surface area contributed by atoms with Crippen LogP contribution >= 0.6 is 11.8 Å². The van der Waals surface area contributed by atoms with E-state index in [9.17, 15) is 4.79 Å². The van der Waals surface area contributed by atoms with Crippen LogP contribution < -0.4 is 16.0 Å². The molecule has 2 aromatic rings. The number of nitrogens with one attached hydrogen (secondary N) is 2. The molecule has 19 heavy (non-hydrogen) atoms. The van der Waals surface area contributed by atoms with E-state index in [1.54, 1.807) is 7.11 Å². The Labute approximate surface area is 115 Å². The van der Waals surface area contributed by atoms with Crippen molar-refractivity contribution in [2.75, 3.05) is 7.11 Å². The summed E-state index contributed by atoms with van der Waals surface area (Å²) >= 11 is 1.36. The molecule has 0 aliphatic heterocycles. The molecule has 0 saturated carbocycles. The molecule has 1 atom stereocenters. The van der Waals surface area contributed by atoms with E-state index in [4.69, 9.17) is 10.6 Å². The first-order valence-electron chi connectivity index (χ1n) is 5.88. The molecule has 1 heterocycles. The van der Waals surface area contributed by atoms with Gasteiger partial charge in [-0.2, -0.15) is 0 Å². The Bertz CT molecular complexity index is 584. The zero-order valence-electron chi connectivity index (χ0n) is 10.8. The van der Waals surface area contributed by atoms with E-state index in [1.165, 1.54) is 11.8 Å². The number of ether oxygens (including phenoxy) is 1. The highest BCUT2D eigenvalue weighted by atomic mass is 32.2. The maximum atomic E-state index is 11.5. The summed E-state index contributed by atoms with van der Waals surface area (Å²) < 4.78 is 5.15. The summed E-state index contributed by atoms with van der Waals surface area (Å²) in [5, 5.41) is 0.436. The number of amides is 1. The van der Waals surface area contributed by atoms with Gasteiger partial charge in [0.15, 0.2) is 5.16 Å². The molecule has 7 heteroatoms. The van der Waals surface area contributed by atoms with Gasteiger partial charge >= 0.3 is 0 Å². The van der Waals surface area contributed by atoms with Crippen molar-refractivity contribution in [2.24, 2.45) is 5.84 Å². The Hall–Kier alpha value is -1.73. The van der Waals surface area contributed by atoms with Crippen LogP contribution in [-0.4, -0.2) is 28.2 Å². The minimum atomic E-state index is -0.257. The summed E-state index contributed by atoms with van der Waals surface area (Å²) in [6, 6.07) is 5.59. The average molecular weight is 280 g/mol. The molecule has 2 rings (SSSR count). The molecule has 1 aromatic heterocycles. The normalized spacial score (nSPS) is 12.4. The van der Waals surface area contributed by atoms with Gasteiger partial charge in [0.25, 0.3) is 0 Å². The number of hydrazine groups is 1. The Morgan fingerprint density at radius 2 is 2.42 bits per heavy atom. The third-order valence-electron chi connectivity index (χ3n) is 2.73. The highest BCUT2D eigenvalue weighted by Crippen LogP contribution is 2.27. The quantitative estimate of drug-likeness (QED) is 0.333. The van der Waals surface area contributed by atoms with E-state index >= 15 is 0 Å². The van der Waals surface area contributed by atoms with Gasteiger partial charge in [-0.15, -0.1) is 0 Å². The van der Waals surface area contributed by atoms with E-state index in [0.717, 1.165) is 16.8 Å². The highest BCUT2D eigenvalue weighted by Gasteiger charge is 2.18. The second-order valence-corrected chi connectivity index (χ2v) is 5.14. The summed E-state index contributed by atoms with van der Waals surface area (Å²) in [7, 11) is 1.62. The summed E-state index contributed by atoms with van der Waals surface area (Å²) in [5.41, 5.74) is 3.89. The number of methoxy groups -OCH3 is 1. The van der Waals surface area contributed by atoms with Gasteiger partial charge < -0.3 is 9.72 Å². The largest absolute Gasteiger partial charge is 0.497 e. The summed E-state index contributed by atoms with van der Waals surface area (Å²) in [6.45, 7) is 1.93. The molecule has 1 amide bonds. The number of imidazole rings is 1. The van der Waals surface area contributed by atoms with Crippen LogP contribution in [0.4, 0.5) is 0 Å². The fraction of sp³-hybridized carbons (Fsp3) is 0.333. The minimum absolute atomic E-state index is 0.203. The number of thioether (sulfide) groups is 1. The summed E-state index contributed by atoms with van der Waals surface area (Å²) in [6.07, 6.45) is 0.675. The van der Waals surface area contributed by atoms with Crippen LogP contribution in [0.5, 0.6) is 5.75 Å². The Kier molecular flexibility index (Phi) is 4.28. The summed E-state index contributed by atoms with van der Waals surface area (Å²) in [4.78, 5) is 19.1. The van der Waals surface area contributed by atoms with Gasteiger partial charge in [-0.05, 0) is 18.6 Å². The first kappa shape index (κ1) is 13.7. The van der Waals surface area contributed by atoms with Crippen molar-refractivity contribution in [1.29, 1.82) is 0 Å². The minimum Gasteiger partial charge on any atom is -0.497 e. The molecule has 1 aromatic carbocycles. The van der Waals surface area contributed by atoms with Crippen LogP contribution in [0.25, 0.3) is 11.0 Å². The van der Waals surface area contributed by atoms with E-state index in [2.05, 4.69) is 15.4 Å². The molecule has 6 nitrogen and oxygen atoms in total. The third kappa shape index (κ3) is 2.99. The number of fused-ring (bicyclic) bond motifs is 1. The van der Waals surface area contributed by atoms with Gasteiger partial charge in [0.05, 0.1) is 23.4 Å². The number of carbonyl (C=O) groups is 1. The number of rotatable bonds is 5. The van der Waals surface area contributed by atoms with Crippen LogP contribution in [0.15, 0.2) is 23.4 Å². The van der Waals surface area contributed by atoms with E-state index in [-0.39, 0.29) is 11.2 Å². The Morgan fingerprint density at radius 3 is 3.05 bits per heavy atom. The third-order valence-corrected chi connectivity index (χ3v) is 3.98. The van der Waals surface area contributed by atoms with Crippen molar-refractivity contribution in [3.63, 3.8) is 0 Å². The lowest BCUT2D eigenvalue weighted by atomic mass is 10.3. The molecule has 0 aliphatic rings. The zero-order chi connectivity index (χ0) is 13.8. The topological polar surface area (TPSA) is 93.0 Å². The highest BCUT2D eigenvalue weighted by molar-refractivity contribution is 8.00. The van der Waals surface area contributed by atoms with Gasteiger partial charge in [-0.25, -0.2) is 10.8 Å². The molecule has 0 fully saturated rings. The predicted molar refractivity (Wildman–Crippen MR) is 74.9 cm³/mol. The molecule has 0 saturated heterocycles. The van der Waals surface area contributed by atoms with Crippen molar-refractivity contribution < 1.29 is 9.53 Å². The Balaban J connectivity index is 2.23. The lowest BCUT2D eigenvalue weighted by Gasteiger charge is -2.09. The molecule has 0 aliphatic carbocycles. The molecule has 4 N–H and O–H groups in total. The number of hydrogen-bond acceptors (Lipinski definition) is 5. The van der Waals surface area contributed by atoms with Crippen molar-refractivity contribution >= 4 is 28.7 Å². The average Bonchev–Trinajstić information content (AvgIpc) is 2.85. The smallest absolute Gasteiger partial charge is 0.247 e. The lowest BCUT2D eigenvalue weighted by molar-refractivity contribution is -0.120. The number of H-pyrrole nitrogens is 1. The molecule has 0 radical (unpaired) electrons. The van der Waals surface area contributed by atoms with Crippen molar-refractivity contribution in [1.82, 2.24) is 15.4 Å². The number of hydrogen-bond donors (Lipinski definition) is 3. The van der Waals surface area contributed by atoms with Crippen molar-refractivity contribution in [2.45, 2.75) is 23.8 Å². The fourth-order valence-corrected chi connectivity index (χ4v) is 2.63. The standard InChI is InChI=1S/C12H16N4O2S/c1-3-10(11(17)16-13)19-12-14-8-5-4-7(18-2)6-9(8)15-12/h4-6,10H,3,13H2,1-2H3,(H,14,15)(H,16,17). The zero-order valence-corrected chi connectivity index (χ0v) is 11.6. The van der Waals surface area contributed by atoms with E-state index in [1.807, 2.05) is 25.1 Å². The monoisotopic (exact) mass is 280 g/mol. The molecule has 1 unspecified atom stereocenters. The molecular weight excluding hydrogens is 264 g/mol. The Morgan fingerprint density at radius 1 is 1.63 bits per heavy atom. The second-order valence-electron chi connectivity index (χ2n) is 3.95. The number of aromatic amines is 1. The molecule has 0 bridgehead atoms. The van der Waals surface area contributed by atoms with E-state index in [0.29, 0.717) is 11.6 Å². The lowest BCUT2D eigenvalue weighted by Crippen LogP contribution is -2.37. The van der Waals surface area contributed by atoms with Crippen LogP contribution in [0, 0.1) is 0 Å². The number of benzene rings is 1. The predicted octanol–water partition coefficient (Wildman–Crippen LogP) is 1.43. The fourth-order valence-electron chi connectivity index (χ4n) is 1.70. The molecule has 0 spiro atoms. The van der Waals surface area contributed by atoms with Crippen LogP contribution in [0.3, 0.4) is 0 Å². The number of nitrogens with two attached hydrogens (primary N) is 1. The number of nitrogens with zero attached hydrogens (tertiary/aromatic N) is 1. The first-order valence-corrected chi connectivity index (χ1v) is 6.76. The summed E-state index contributed by atoms with van der Waals surface area (Å²) in [5.74, 6) is 5.72. The number of aromatic nitrogens is 2. The van der Waals surface area contributed by atoms with Crippen LogP contribution in [-0.2, 0) is 4.79 Å². The molecular formula is C12H16N4O2S. The van der Waals surface area contributed by atoms with Gasteiger partial charge in [0.2, 0.25) is 5.91 Å². The van der Waals surface area contributed by atoms with Crippen LogP contribution in [0.2, 0.25) is 0 Å². The van der Waals surface area contributed by atoms with Crippen molar-refractivity contribution in [3.05, 3.63) is 18.2 Å². The maximum Gasteiger partial charge on any atom is 0.247 e. The maximum absolute atomic E-state index is 11.5. The first-order chi connectivity index (χ1) is 9.17. The molecule has 102 valence electrons. The van der Waals surface area contributed by atoms with Gasteiger partial charge in [-0.3, -0.25) is 10.2 Å². The van der Waals surface area contributed by atoms with Gasteiger partial charge in [0.1, 0.15) is 5.75 Å². The van der Waals surface area contributed by atoms with E-state index < -0.39 is 0 Å². The second kappa shape index (κ2) is 5.94. The van der Waals surface area contributed by atoms with Crippen LogP contribution in [0.1, 0.15) is 13.3 Å².